The van der Waals surface area contributed by atoms with E-state index in [0.717, 1.165) is 36.5 Å². The SMILES string of the molecule is CCOc1ccc([C@@H](NC(=O)NCCN(CC)CC)c2ccccc2)cc1. The number of nitrogens with zero attached hydrogens (tertiary/aromatic N) is 1. The third kappa shape index (κ3) is 6.61. The molecule has 0 saturated carbocycles. The monoisotopic (exact) mass is 369 g/mol. The minimum atomic E-state index is -0.213. The van der Waals surface area contributed by atoms with Crippen molar-refractivity contribution >= 4 is 6.03 Å². The Kier molecular flexibility index (Phi) is 8.65. The first-order chi connectivity index (χ1) is 13.2. The quantitative estimate of drug-likeness (QED) is 0.669. The van der Waals surface area contributed by atoms with Crippen molar-refractivity contribution in [3.8, 4) is 5.75 Å². The number of amides is 2. The van der Waals surface area contributed by atoms with Crippen molar-refractivity contribution in [3.05, 3.63) is 65.7 Å². The molecule has 0 fully saturated rings. The summed E-state index contributed by atoms with van der Waals surface area (Å²) >= 11 is 0. The normalized spacial score (nSPS) is 11.9. The van der Waals surface area contributed by atoms with E-state index in [9.17, 15) is 4.79 Å². The van der Waals surface area contributed by atoms with E-state index in [4.69, 9.17) is 4.74 Å². The Morgan fingerprint density at radius 1 is 0.963 bits per heavy atom. The third-order valence-electron chi connectivity index (χ3n) is 4.54. The minimum absolute atomic E-state index is 0.162. The van der Waals surface area contributed by atoms with Gasteiger partial charge < -0.3 is 20.3 Å². The molecule has 0 heterocycles. The Balaban J connectivity index is 2.06. The van der Waals surface area contributed by atoms with E-state index in [1.807, 2.05) is 61.5 Å². The van der Waals surface area contributed by atoms with E-state index < -0.39 is 0 Å². The van der Waals surface area contributed by atoms with Crippen LogP contribution in [0.1, 0.15) is 37.9 Å². The van der Waals surface area contributed by atoms with Crippen molar-refractivity contribution in [2.45, 2.75) is 26.8 Å². The molecule has 1 atom stereocenters. The molecule has 0 aliphatic rings. The molecule has 0 unspecified atom stereocenters. The summed E-state index contributed by atoms with van der Waals surface area (Å²) in [5.74, 6) is 0.830. The van der Waals surface area contributed by atoms with Crippen LogP contribution in [-0.4, -0.2) is 43.7 Å². The first-order valence-electron chi connectivity index (χ1n) is 9.72. The number of carbonyl (C=O) groups is 1. The summed E-state index contributed by atoms with van der Waals surface area (Å²) in [6, 6.07) is 17.5. The number of likely N-dealkylation sites (N-methyl/N-ethyl adjacent to an activating group) is 1. The Labute approximate surface area is 162 Å². The van der Waals surface area contributed by atoms with Gasteiger partial charge in [-0.2, -0.15) is 0 Å². The lowest BCUT2D eigenvalue weighted by molar-refractivity contribution is 0.235. The van der Waals surface area contributed by atoms with Crippen LogP contribution in [0.5, 0.6) is 5.75 Å². The lowest BCUT2D eigenvalue weighted by atomic mass is 9.99. The molecule has 0 aliphatic heterocycles. The molecule has 5 nitrogen and oxygen atoms in total. The van der Waals surface area contributed by atoms with Gasteiger partial charge in [0.05, 0.1) is 12.6 Å². The van der Waals surface area contributed by atoms with Gasteiger partial charge in [0.15, 0.2) is 0 Å². The van der Waals surface area contributed by atoms with Crippen molar-refractivity contribution in [1.29, 1.82) is 0 Å². The van der Waals surface area contributed by atoms with Crippen LogP contribution >= 0.6 is 0 Å². The molecular formula is C22H31N3O2. The average Bonchev–Trinajstić information content (AvgIpc) is 2.71. The smallest absolute Gasteiger partial charge is 0.315 e. The highest BCUT2D eigenvalue weighted by Crippen LogP contribution is 2.24. The zero-order chi connectivity index (χ0) is 19.5. The van der Waals surface area contributed by atoms with E-state index in [0.29, 0.717) is 13.2 Å². The molecule has 27 heavy (non-hydrogen) atoms. The molecule has 0 spiro atoms. The largest absolute Gasteiger partial charge is 0.494 e. The molecule has 0 radical (unpaired) electrons. The van der Waals surface area contributed by atoms with Gasteiger partial charge in [-0.05, 0) is 43.3 Å². The molecule has 2 aromatic carbocycles. The maximum atomic E-state index is 12.5. The number of benzene rings is 2. The van der Waals surface area contributed by atoms with Crippen LogP contribution in [0.25, 0.3) is 0 Å². The Bertz CT molecular complexity index is 670. The molecule has 0 saturated heterocycles. The first-order valence-corrected chi connectivity index (χ1v) is 9.72. The van der Waals surface area contributed by atoms with Crippen molar-refractivity contribution in [3.63, 3.8) is 0 Å². The number of hydrogen-bond donors (Lipinski definition) is 2. The van der Waals surface area contributed by atoms with Crippen molar-refractivity contribution in [2.75, 3.05) is 32.8 Å². The van der Waals surface area contributed by atoms with Gasteiger partial charge in [0.25, 0.3) is 0 Å². The average molecular weight is 370 g/mol. The highest BCUT2D eigenvalue weighted by molar-refractivity contribution is 5.75. The second-order valence-electron chi connectivity index (χ2n) is 6.27. The van der Waals surface area contributed by atoms with Crippen molar-refractivity contribution < 1.29 is 9.53 Å². The van der Waals surface area contributed by atoms with E-state index >= 15 is 0 Å². The van der Waals surface area contributed by atoms with Gasteiger partial charge in [-0.15, -0.1) is 0 Å². The number of carbonyl (C=O) groups excluding carboxylic acids is 1. The third-order valence-corrected chi connectivity index (χ3v) is 4.54. The van der Waals surface area contributed by atoms with Gasteiger partial charge in [0.2, 0.25) is 0 Å². The van der Waals surface area contributed by atoms with Crippen molar-refractivity contribution in [1.82, 2.24) is 15.5 Å². The number of rotatable bonds is 10. The van der Waals surface area contributed by atoms with Crippen LogP contribution in [-0.2, 0) is 0 Å². The summed E-state index contributed by atoms with van der Waals surface area (Å²) in [5.41, 5.74) is 2.06. The maximum Gasteiger partial charge on any atom is 0.315 e. The van der Waals surface area contributed by atoms with Gasteiger partial charge >= 0.3 is 6.03 Å². The summed E-state index contributed by atoms with van der Waals surface area (Å²) in [7, 11) is 0. The van der Waals surface area contributed by atoms with Crippen LogP contribution < -0.4 is 15.4 Å². The van der Waals surface area contributed by atoms with Gasteiger partial charge in [0, 0.05) is 13.1 Å². The molecule has 2 N–H and O–H groups in total. The summed E-state index contributed by atoms with van der Waals surface area (Å²) in [6.45, 7) is 10.3. The molecule has 2 rings (SSSR count). The zero-order valence-electron chi connectivity index (χ0n) is 16.6. The summed E-state index contributed by atoms with van der Waals surface area (Å²) < 4.78 is 5.52. The highest BCUT2D eigenvalue weighted by Gasteiger charge is 2.16. The fraction of sp³-hybridized carbons (Fsp3) is 0.409. The molecular weight excluding hydrogens is 338 g/mol. The summed E-state index contributed by atoms with van der Waals surface area (Å²) in [4.78, 5) is 14.7. The minimum Gasteiger partial charge on any atom is -0.494 e. The van der Waals surface area contributed by atoms with Crippen molar-refractivity contribution in [2.24, 2.45) is 0 Å². The number of ether oxygens (including phenoxy) is 1. The van der Waals surface area contributed by atoms with E-state index in [2.05, 4.69) is 29.4 Å². The number of hydrogen-bond acceptors (Lipinski definition) is 3. The molecule has 2 aromatic rings. The van der Waals surface area contributed by atoms with E-state index in [1.165, 1.54) is 0 Å². The zero-order valence-corrected chi connectivity index (χ0v) is 16.6. The topological polar surface area (TPSA) is 53.6 Å². The highest BCUT2D eigenvalue weighted by atomic mass is 16.5. The van der Waals surface area contributed by atoms with E-state index in [-0.39, 0.29) is 12.1 Å². The van der Waals surface area contributed by atoms with Crippen LogP contribution in [0.15, 0.2) is 54.6 Å². The fourth-order valence-corrected chi connectivity index (χ4v) is 2.98. The Morgan fingerprint density at radius 2 is 1.59 bits per heavy atom. The van der Waals surface area contributed by atoms with E-state index in [1.54, 1.807) is 0 Å². The Morgan fingerprint density at radius 3 is 2.19 bits per heavy atom. The molecule has 0 aliphatic carbocycles. The second-order valence-corrected chi connectivity index (χ2v) is 6.27. The maximum absolute atomic E-state index is 12.5. The standard InChI is InChI=1S/C22H31N3O2/c1-4-25(5-2)17-16-23-22(26)24-21(18-10-8-7-9-11-18)19-12-14-20(15-13-19)27-6-3/h7-15,21H,4-6,16-17H2,1-3H3,(H2,23,24,26)/t21-/m0/s1. The van der Waals surface area contributed by atoms with Crippen LogP contribution in [0, 0.1) is 0 Å². The lowest BCUT2D eigenvalue weighted by Gasteiger charge is -2.22. The molecule has 146 valence electrons. The molecule has 0 bridgehead atoms. The predicted octanol–water partition coefficient (Wildman–Crippen LogP) is 3.82. The number of nitrogens with one attached hydrogen (secondary N) is 2. The summed E-state index contributed by atoms with van der Waals surface area (Å²) in [5, 5.41) is 6.07. The van der Waals surface area contributed by atoms with Gasteiger partial charge in [0.1, 0.15) is 5.75 Å². The predicted molar refractivity (Wildman–Crippen MR) is 110 cm³/mol. The molecule has 0 aromatic heterocycles. The Hall–Kier alpha value is -2.53. The second kappa shape index (κ2) is 11.2. The van der Waals surface area contributed by atoms with Gasteiger partial charge in [-0.1, -0.05) is 56.3 Å². The first kappa shape index (κ1) is 20.8. The van der Waals surface area contributed by atoms with Crippen LogP contribution in [0.4, 0.5) is 4.79 Å². The molecule has 2 amide bonds. The fourth-order valence-electron chi connectivity index (χ4n) is 2.98. The van der Waals surface area contributed by atoms with Crippen LogP contribution in [0.2, 0.25) is 0 Å². The number of urea groups is 1. The van der Waals surface area contributed by atoms with Gasteiger partial charge in [-0.25, -0.2) is 4.79 Å². The van der Waals surface area contributed by atoms with Gasteiger partial charge in [-0.3, -0.25) is 0 Å². The lowest BCUT2D eigenvalue weighted by Crippen LogP contribution is -2.42. The molecule has 5 heteroatoms. The van der Waals surface area contributed by atoms with Crippen LogP contribution in [0.3, 0.4) is 0 Å². The summed E-state index contributed by atoms with van der Waals surface area (Å²) in [6.07, 6.45) is 0.